The van der Waals surface area contributed by atoms with E-state index in [4.69, 9.17) is 4.74 Å². The molecule has 0 bridgehead atoms. The standard InChI is InChI=1S/C16H25NO/c1-13-6-7-14(11-16(13)18-3)8-9-15-5-4-10-17(2)12-15/h6-7,11,15H,4-5,8-10,12H2,1-3H3. The summed E-state index contributed by atoms with van der Waals surface area (Å²) >= 11 is 0. The molecule has 1 atom stereocenters. The molecule has 1 aromatic rings. The van der Waals surface area contributed by atoms with Gasteiger partial charge in [-0.05, 0) is 69.3 Å². The first-order chi connectivity index (χ1) is 8.69. The molecule has 100 valence electrons. The molecule has 1 fully saturated rings. The second-order valence-electron chi connectivity index (χ2n) is 5.61. The van der Waals surface area contributed by atoms with Crippen LogP contribution in [0.3, 0.4) is 0 Å². The molecular formula is C16H25NO. The molecule has 0 N–H and O–H groups in total. The van der Waals surface area contributed by atoms with Crippen LogP contribution < -0.4 is 4.74 Å². The van der Waals surface area contributed by atoms with Crippen molar-refractivity contribution < 1.29 is 4.74 Å². The maximum absolute atomic E-state index is 5.39. The zero-order chi connectivity index (χ0) is 13.0. The minimum Gasteiger partial charge on any atom is -0.496 e. The smallest absolute Gasteiger partial charge is 0.122 e. The first-order valence-electron chi connectivity index (χ1n) is 7.01. The highest BCUT2D eigenvalue weighted by Crippen LogP contribution is 2.23. The van der Waals surface area contributed by atoms with Gasteiger partial charge in [-0.15, -0.1) is 0 Å². The number of rotatable bonds is 4. The zero-order valence-corrected chi connectivity index (χ0v) is 11.9. The number of aryl methyl sites for hydroxylation is 2. The van der Waals surface area contributed by atoms with Gasteiger partial charge >= 0.3 is 0 Å². The number of likely N-dealkylation sites (tertiary alicyclic amines) is 1. The monoisotopic (exact) mass is 247 g/mol. The summed E-state index contributed by atoms with van der Waals surface area (Å²) in [4.78, 5) is 2.46. The Morgan fingerprint density at radius 2 is 2.22 bits per heavy atom. The molecule has 0 aromatic heterocycles. The third kappa shape index (κ3) is 3.49. The predicted molar refractivity (Wildman–Crippen MR) is 76.3 cm³/mol. The van der Waals surface area contributed by atoms with Gasteiger partial charge in [0.25, 0.3) is 0 Å². The van der Waals surface area contributed by atoms with Crippen LogP contribution in [-0.4, -0.2) is 32.1 Å². The molecule has 0 amide bonds. The lowest BCUT2D eigenvalue weighted by Gasteiger charge is -2.29. The first kappa shape index (κ1) is 13.4. The van der Waals surface area contributed by atoms with E-state index in [9.17, 15) is 0 Å². The van der Waals surface area contributed by atoms with Crippen LogP contribution >= 0.6 is 0 Å². The normalized spacial score (nSPS) is 20.9. The lowest BCUT2D eigenvalue weighted by Crippen LogP contribution is -2.32. The van der Waals surface area contributed by atoms with Gasteiger partial charge in [-0.1, -0.05) is 12.1 Å². The van der Waals surface area contributed by atoms with Crippen LogP contribution in [0.25, 0.3) is 0 Å². The van der Waals surface area contributed by atoms with Gasteiger partial charge in [0, 0.05) is 6.54 Å². The summed E-state index contributed by atoms with van der Waals surface area (Å²) in [5, 5.41) is 0. The van der Waals surface area contributed by atoms with Gasteiger partial charge in [0.15, 0.2) is 0 Å². The SMILES string of the molecule is COc1cc(CCC2CCCN(C)C2)ccc1C. The van der Waals surface area contributed by atoms with Crippen molar-refractivity contribution >= 4 is 0 Å². The van der Waals surface area contributed by atoms with Crippen molar-refractivity contribution in [1.82, 2.24) is 4.90 Å². The largest absolute Gasteiger partial charge is 0.496 e. The van der Waals surface area contributed by atoms with E-state index < -0.39 is 0 Å². The predicted octanol–water partition coefficient (Wildman–Crippen LogP) is 3.28. The lowest BCUT2D eigenvalue weighted by atomic mass is 9.92. The van der Waals surface area contributed by atoms with E-state index in [1.807, 2.05) is 0 Å². The van der Waals surface area contributed by atoms with Gasteiger partial charge < -0.3 is 9.64 Å². The summed E-state index contributed by atoms with van der Waals surface area (Å²) in [6, 6.07) is 6.60. The molecule has 18 heavy (non-hydrogen) atoms. The molecule has 1 saturated heterocycles. The number of ether oxygens (including phenoxy) is 1. The highest BCUT2D eigenvalue weighted by molar-refractivity contribution is 5.36. The summed E-state index contributed by atoms with van der Waals surface area (Å²) in [5.74, 6) is 1.89. The minimum absolute atomic E-state index is 0.871. The maximum atomic E-state index is 5.39. The van der Waals surface area contributed by atoms with Crippen molar-refractivity contribution in [3.05, 3.63) is 29.3 Å². The van der Waals surface area contributed by atoms with Crippen molar-refractivity contribution in [2.24, 2.45) is 5.92 Å². The molecule has 0 saturated carbocycles. The van der Waals surface area contributed by atoms with E-state index in [1.54, 1.807) is 7.11 Å². The Kier molecular flexibility index (Phi) is 4.65. The van der Waals surface area contributed by atoms with Crippen LogP contribution in [0.15, 0.2) is 18.2 Å². The Morgan fingerprint density at radius 3 is 2.94 bits per heavy atom. The Bertz CT molecular complexity index is 389. The molecule has 0 aliphatic carbocycles. The van der Waals surface area contributed by atoms with Crippen LogP contribution in [-0.2, 0) is 6.42 Å². The number of piperidine rings is 1. The molecule has 1 aromatic carbocycles. The molecule has 1 aliphatic heterocycles. The average molecular weight is 247 g/mol. The summed E-state index contributed by atoms with van der Waals surface area (Å²) < 4.78 is 5.39. The number of hydrogen-bond donors (Lipinski definition) is 0. The van der Waals surface area contributed by atoms with Crippen LogP contribution in [0, 0.1) is 12.8 Å². The second kappa shape index (κ2) is 6.24. The summed E-state index contributed by atoms with van der Waals surface area (Å²) in [6.45, 7) is 4.64. The van der Waals surface area contributed by atoms with Crippen molar-refractivity contribution in [3.8, 4) is 5.75 Å². The van der Waals surface area contributed by atoms with Crippen LogP contribution in [0.5, 0.6) is 5.75 Å². The highest BCUT2D eigenvalue weighted by atomic mass is 16.5. The number of methoxy groups -OCH3 is 1. The Morgan fingerprint density at radius 1 is 1.39 bits per heavy atom. The van der Waals surface area contributed by atoms with Crippen molar-refractivity contribution in [3.63, 3.8) is 0 Å². The Hall–Kier alpha value is -1.02. The van der Waals surface area contributed by atoms with Gasteiger partial charge in [-0.3, -0.25) is 0 Å². The fourth-order valence-corrected chi connectivity index (χ4v) is 2.90. The molecule has 2 heteroatoms. The van der Waals surface area contributed by atoms with Crippen LogP contribution in [0.1, 0.15) is 30.4 Å². The van der Waals surface area contributed by atoms with E-state index in [0.29, 0.717) is 0 Å². The summed E-state index contributed by atoms with van der Waals surface area (Å²) in [5.41, 5.74) is 2.63. The first-order valence-corrected chi connectivity index (χ1v) is 7.01. The van der Waals surface area contributed by atoms with Gasteiger partial charge in [-0.25, -0.2) is 0 Å². The Labute approximate surface area is 111 Å². The number of nitrogens with zero attached hydrogens (tertiary/aromatic N) is 1. The molecule has 1 unspecified atom stereocenters. The quantitative estimate of drug-likeness (QED) is 0.809. The fraction of sp³-hybridized carbons (Fsp3) is 0.625. The molecule has 1 heterocycles. The van der Waals surface area contributed by atoms with Crippen LogP contribution in [0.2, 0.25) is 0 Å². The molecule has 0 spiro atoms. The van der Waals surface area contributed by atoms with Crippen molar-refractivity contribution in [2.75, 3.05) is 27.2 Å². The summed E-state index contributed by atoms with van der Waals surface area (Å²) in [7, 11) is 3.99. The Balaban J connectivity index is 1.89. The lowest BCUT2D eigenvalue weighted by molar-refractivity contribution is 0.202. The van der Waals surface area contributed by atoms with E-state index in [0.717, 1.165) is 11.7 Å². The van der Waals surface area contributed by atoms with E-state index in [1.165, 1.54) is 49.9 Å². The average Bonchev–Trinajstić information content (AvgIpc) is 2.38. The maximum Gasteiger partial charge on any atom is 0.122 e. The highest BCUT2D eigenvalue weighted by Gasteiger charge is 2.16. The van der Waals surface area contributed by atoms with Crippen molar-refractivity contribution in [1.29, 1.82) is 0 Å². The number of hydrogen-bond acceptors (Lipinski definition) is 2. The molecule has 2 nitrogen and oxygen atoms in total. The van der Waals surface area contributed by atoms with Gasteiger partial charge in [-0.2, -0.15) is 0 Å². The minimum atomic E-state index is 0.871. The van der Waals surface area contributed by atoms with E-state index in [2.05, 4.69) is 37.1 Å². The van der Waals surface area contributed by atoms with Gasteiger partial charge in [0.2, 0.25) is 0 Å². The zero-order valence-electron chi connectivity index (χ0n) is 11.9. The molecule has 2 rings (SSSR count). The van der Waals surface area contributed by atoms with E-state index >= 15 is 0 Å². The van der Waals surface area contributed by atoms with Gasteiger partial charge in [0.1, 0.15) is 5.75 Å². The fourth-order valence-electron chi connectivity index (χ4n) is 2.90. The molecule has 0 radical (unpaired) electrons. The molecular weight excluding hydrogens is 222 g/mol. The molecule has 1 aliphatic rings. The van der Waals surface area contributed by atoms with Crippen molar-refractivity contribution in [2.45, 2.75) is 32.6 Å². The van der Waals surface area contributed by atoms with Crippen LogP contribution in [0.4, 0.5) is 0 Å². The second-order valence-corrected chi connectivity index (χ2v) is 5.61. The third-order valence-corrected chi connectivity index (χ3v) is 4.04. The number of benzene rings is 1. The third-order valence-electron chi connectivity index (χ3n) is 4.04. The summed E-state index contributed by atoms with van der Waals surface area (Å²) in [6.07, 6.45) is 5.23. The van der Waals surface area contributed by atoms with Gasteiger partial charge in [0.05, 0.1) is 7.11 Å². The topological polar surface area (TPSA) is 12.5 Å². The van der Waals surface area contributed by atoms with E-state index in [-0.39, 0.29) is 0 Å².